The molecule has 0 spiro atoms. The quantitative estimate of drug-likeness (QED) is 0.744. The Kier molecular flexibility index (Phi) is 6.21. The van der Waals surface area contributed by atoms with Crippen LogP contribution in [0.25, 0.3) is 0 Å². The third kappa shape index (κ3) is 4.82. The maximum atomic E-state index is 11.9. The summed E-state index contributed by atoms with van der Waals surface area (Å²) in [5.74, 6) is -0.0267. The summed E-state index contributed by atoms with van der Waals surface area (Å²) in [6, 6.07) is 2.73. The minimum absolute atomic E-state index is 0.124. The first-order valence-electron chi connectivity index (χ1n) is 6.51. The van der Waals surface area contributed by atoms with E-state index < -0.39 is 0 Å². The van der Waals surface area contributed by atoms with Crippen LogP contribution in [-0.4, -0.2) is 33.9 Å². The van der Waals surface area contributed by atoms with Crippen LogP contribution in [-0.2, 0) is 7.05 Å². The highest BCUT2D eigenvalue weighted by Crippen LogP contribution is 2.09. The van der Waals surface area contributed by atoms with Crippen LogP contribution in [0.2, 0.25) is 0 Å². The van der Waals surface area contributed by atoms with E-state index in [2.05, 4.69) is 17.3 Å². The van der Waals surface area contributed by atoms with Gasteiger partial charge in [0.1, 0.15) is 5.69 Å². The van der Waals surface area contributed by atoms with Crippen molar-refractivity contribution in [3.63, 3.8) is 0 Å². The predicted molar refractivity (Wildman–Crippen MR) is 71.9 cm³/mol. The Hall–Kier alpha value is -1.69. The summed E-state index contributed by atoms with van der Waals surface area (Å²) in [6.07, 6.45) is 2.65. The van der Waals surface area contributed by atoms with Crippen LogP contribution < -0.4 is 10.9 Å². The standard InChI is InChI=1S/C13H21N3O3/c1-3-4-10(7-8-17)9-14-13(19)11-5-6-12(18)16(2)15-11/h5-6,10,17H,3-4,7-9H2,1-2H3,(H,14,19). The lowest BCUT2D eigenvalue weighted by atomic mass is 10.0. The van der Waals surface area contributed by atoms with Gasteiger partial charge in [-0.2, -0.15) is 5.10 Å². The van der Waals surface area contributed by atoms with Crippen molar-refractivity contribution in [1.82, 2.24) is 15.1 Å². The molecule has 106 valence electrons. The number of aliphatic hydroxyl groups is 1. The minimum Gasteiger partial charge on any atom is -0.396 e. The molecule has 1 atom stereocenters. The maximum absolute atomic E-state index is 11.9. The summed E-state index contributed by atoms with van der Waals surface area (Å²) in [5, 5.41) is 15.6. The number of rotatable bonds is 7. The molecule has 2 N–H and O–H groups in total. The summed E-state index contributed by atoms with van der Waals surface area (Å²) in [7, 11) is 1.50. The van der Waals surface area contributed by atoms with Crippen molar-refractivity contribution < 1.29 is 9.90 Å². The molecule has 1 rings (SSSR count). The van der Waals surface area contributed by atoms with Crippen LogP contribution in [0, 0.1) is 5.92 Å². The summed E-state index contributed by atoms with van der Waals surface area (Å²) in [5.41, 5.74) is -0.0259. The lowest BCUT2D eigenvalue weighted by Crippen LogP contribution is -2.32. The van der Waals surface area contributed by atoms with Crippen molar-refractivity contribution in [2.75, 3.05) is 13.2 Å². The number of nitrogens with zero attached hydrogens (tertiary/aromatic N) is 2. The van der Waals surface area contributed by atoms with Crippen molar-refractivity contribution in [2.45, 2.75) is 26.2 Å². The molecule has 1 aromatic rings. The Morgan fingerprint density at radius 3 is 2.79 bits per heavy atom. The van der Waals surface area contributed by atoms with Gasteiger partial charge in [0.2, 0.25) is 0 Å². The van der Waals surface area contributed by atoms with E-state index in [0.29, 0.717) is 13.0 Å². The smallest absolute Gasteiger partial charge is 0.271 e. The van der Waals surface area contributed by atoms with E-state index in [1.165, 1.54) is 19.2 Å². The first-order valence-corrected chi connectivity index (χ1v) is 6.51. The second-order valence-corrected chi connectivity index (χ2v) is 4.56. The van der Waals surface area contributed by atoms with Crippen molar-refractivity contribution >= 4 is 5.91 Å². The number of carbonyl (C=O) groups is 1. The Bertz CT molecular complexity index is 464. The molecule has 0 aliphatic carbocycles. The first-order chi connectivity index (χ1) is 9.08. The van der Waals surface area contributed by atoms with E-state index in [-0.39, 0.29) is 29.7 Å². The molecule has 0 radical (unpaired) electrons. The Morgan fingerprint density at radius 2 is 2.21 bits per heavy atom. The summed E-state index contributed by atoms with van der Waals surface area (Å²) >= 11 is 0. The molecular formula is C13H21N3O3. The molecule has 1 heterocycles. The van der Waals surface area contributed by atoms with Crippen LogP contribution in [0.3, 0.4) is 0 Å². The zero-order valence-electron chi connectivity index (χ0n) is 11.4. The number of aromatic nitrogens is 2. The number of hydrogen-bond acceptors (Lipinski definition) is 4. The Balaban J connectivity index is 2.58. The van der Waals surface area contributed by atoms with Gasteiger partial charge < -0.3 is 10.4 Å². The zero-order chi connectivity index (χ0) is 14.3. The third-order valence-electron chi connectivity index (χ3n) is 2.98. The number of aliphatic hydroxyl groups excluding tert-OH is 1. The predicted octanol–water partition coefficient (Wildman–Crippen LogP) is 0.309. The van der Waals surface area contributed by atoms with Gasteiger partial charge in [0, 0.05) is 26.3 Å². The van der Waals surface area contributed by atoms with E-state index in [1.807, 2.05) is 0 Å². The van der Waals surface area contributed by atoms with Gasteiger partial charge in [0.05, 0.1) is 0 Å². The fourth-order valence-corrected chi connectivity index (χ4v) is 1.89. The topological polar surface area (TPSA) is 84.2 Å². The number of aryl methyl sites for hydroxylation is 1. The molecule has 0 fully saturated rings. The molecule has 1 unspecified atom stereocenters. The van der Waals surface area contributed by atoms with E-state index in [0.717, 1.165) is 17.5 Å². The van der Waals surface area contributed by atoms with Gasteiger partial charge >= 0.3 is 0 Å². The minimum atomic E-state index is -0.297. The Morgan fingerprint density at radius 1 is 1.47 bits per heavy atom. The van der Waals surface area contributed by atoms with Gasteiger partial charge in [-0.05, 0) is 24.8 Å². The van der Waals surface area contributed by atoms with Crippen LogP contribution in [0.15, 0.2) is 16.9 Å². The molecule has 1 amide bonds. The lowest BCUT2D eigenvalue weighted by molar-refractivity contribution is 0.0935. The number of hydrogen-bond donors (Lipinski definition) is 2. The molecule has 0 aliphatic heterocycles. The van der Waals surface area contributed by atoms with Gasteiger partial charge in [0.15, 0.2) is 0 Å². The average molecular weight is 267 g/mol. The van der Waals surface area contributed by atoms with Gasteiger partial charge in [-0.3, -0.25) is 9.59 Å². The molecule has 1 aromatic heterocycles. The van der Waals surface area contributed by atoms with E-state index in [9.17, 15) is 9.59 Å². The molecule has 0 saturated heterocycles. The summed E-state index contributed by atoms with van der Waals surface area (Å²) < 4.78 is 1.13. The lowest BCUT2D eigenvalue weighted by Gasteiger charge is -2.15. The van der Waals surface area contributed by atoms with Crippen LogP contribution in [0.1, 0.15) is 36.7 Å². The number of nitrogens with one attached hydrogen (secondary N) is 1. The normalized spacial score (nSPS) is 12.2. The highest BCUT2D eigenvalue weighted by Gasteiger charge is 2.12. The number of carbonyl (C=O) groups excluding carboxylic acids is 1. The monoisotopic (exact) mass is 267 g/mol. The summed E-state index contributed by atoms with van der Waals surface area (Å²) in [6.45, 7) is 2.71. The van der Waals surface area contributed by atoms with Gasteiger partial charge in [-0.1, -0.05) is 13.3 Å². The highest BCUT2D eigenvalue weighted by molar-refractivity contribution is 5.91. The van der Waals surface area contributed by atoms with Gasteiger partial charge in [-0.25, -0.2) is 4.68 Å². The molecule has 0 aliphatic rings. The van der Waals surface area contributed by atoms with Crippen LogP contribution in [0.4, 0.5) is 0 Å². The van der Waals surface area contributed by atoms with E-state index in [4.69, 9.17) is 5.11 Å². The van der Waals surface area contributed by atoms with E-state index >= 15 is 0 Å². The second-order valence-electron chi connectivity index (χ2n) is 4.56. The third-order valence-corrected chi connectivity index (χ3v) is 2.98. The van der Waals surface area contributed by atoms with Crippen molar-refractivity contribution in [3.8, 4) is 0 Å². The summed E-state index contributed by atoms with van der Waals surface area (Å²) in [4.78, 5) is 23.0. The molecule has 0 aromatic carbocycles. The molecule has 19 heavy (non-hydrogen) atoms. The first kappa shape index (κ1) is 15.4. The second kappa shape index (κ2) is 7.68. The zero-order valence-corrected chi connectivity index (χ0v) is 11.4. The largest absolute Gasteiger partial charge is 0.396 e. The van der Waals surface area contributed by atoms with Crippen molar-refractivity contribution in [3.05, 3.63) is 28.2 Å². The number of amides is 1. The maximum Gasteiger partial charge on any atom is 0.271 e. The van der Waals surface area contributed by atoms with Crippen molar-refractivity contribution in [1.29, 1.82) is 0 Å². The average Bonchev–Trinajstić information content (AvgIpc) is 2.39. The molecule has 0 saturated carbocycles. The molecule has 6 nitrogen and oxygen atoms in total. The molecular weight excluding hydrogens is 246 g/mol. The molecule has 6 heteroatoms. The van der Waals surface area contributed by atoms with Crippen LogP contribution >= 0.6 is 0 Å². The van der Waals surface area contributed by atoms with Crippen molar-refractivity contribution in [2.24, 2.45) is 13.0 Å². The SMILES string of the molecule is CCCC(CCO)CNC(=O)c1ccc(=O)n(C)n1. The fraction of sp³-hybridized carbons (Fsp3) is 0.615. The Labute approximate surface area is 112 Å². The van der Waals surface area contributed by atoms with Crippen LogP contribution in [0.5, 0.6) is 0 Å². The van der Waals surface area contributed by atoms with E-state index in [1.54, 1.807) is 0 Å². The van der Waals surface area contributed by atoms with Gasteiger partial charge in [-0.15, -0.1) is 0 Å². The van der Waals surface area contributed by atoms with Gasteiger partial charge in [0.25, 0.3) is 11.5 Å². The fourth-order valence-electron chi connectivity index (χ4n) is 1.89. The highest BCUT2D eigenvalue weighted by atomic mass is 16.3. The molecule has 0 bridgehead atoms.